The van der Waals surface area contributed by atoms with Crippen molar-refractivity contribution in [3.05, 3.63) is 71.1 Å². The van der Waals surface area contributed by atoms with E-state index in [1.165, 1.54) is 4.68 Å². The normalized spacial score (nSPS) is 15.4. The van der Waals surface area contributed by atoms with Crippen molar-refractivity contribution < 1.29 is 4.96 Å². The van der Waals surface area contributed by atoms with Gasteiger partial charge in [0, 0.05) is 53.6 Å². The lowest BCUT2D eigenvalue weighted by molar-refractivity contribution is -0.746. The highest BCUT2D eigenvalue weighted by molar-refractivity contribution is 5.83. The molecule has 0 unspecified atom stereocenters. The minimum atomic E-state index is -0.653. The van der Waals surface area contributed by atoms with E-state index < -0.39 is 10.9 Å². The van der Waals surface area contributed by atoms with Crippen LogP contribution in [-0.4, -0.2) is 47.4 Å². The topological polar surface area (TPSA) is 142 Å². The van der Waals surface area contributed by atoms with E-state index in [2.05, 4.69) is 15.3 Å². The molecule has 0 spiro atoms. The molecule has 10 nitrogen and oxygen atoms in total. The first-order chi connectivity index (χ1) is 15.0. The molecule has 0 atom stereocenters. The van der Waals surface area contributed by atoms with E-state index in [-0.39, 0.29) is 43.7 Å². The Morgan fingerprint density at radius 1 is 1.00 bits per heavy atom. The Kier molecular flexibility index (Phi) is 4.60. The SMILES string of the molecule is N=c1c2c(=O)c3n[n+]([O-])n(CCCN4CCNCC4)c3c(=O)c=2c(=N)c2ccccc12. The van der Waals surface area contributed by atoms with Gasteiger partial charge in [0.25, 0.3) is 0 Å². The van der Waals surface area contributed by atoms with Gasteiger partial charge in [-0.05, 0) is 6.42 Å². The highest BCUT2D eigenvalue weighted by atomic mass is 16.5. The van der Waals surface area contributed by atoms with Crippen LogP contribution in [0.4, 0.5) is 0 Å². The van der Waals surface area contributed by atoms with Crippen molar-refractivity contribution in [1.29, 1.82) is 10.8 Å². The average molecular weight is 419 g/mol. The number of nitrogens with zero attached hydrogens (tertiary/aromatic N) is 4. The predicted molar refractivity (Wildman–Crippen MR) is 112 cm³/mol. The largest absolute Gasteiger partial charge is 0.571 e. The second-order valence-electron chi connectivity index (χ2n) is 7.82. The third-order valence-electron chi connectivity index (χ3n) is 6.03. The van der Waals surface area contributed by atoms with Crippen LogP contribution in [0.2, 0.25) is 0 Å². The zero-order chi connectivity index (χ0) is 21.7. The summed E-state index contributed by atoms with van der Waals surface area (Å²) in [6, 6.07) is 6.73. The highest BCUT2D eigenvalue weighted by Crippen LogP contribution is 2.07. The number of rotatable bonds is 4. The van der Waals surface area contributed by atoms with Crippen LogP contribution in [0.5, 0.6) is 0 Å². The third-order valence-corrected chi connectivity index (χ3v) is 6.03. The van der Waals surface area contributed by atoms with Crippen molar-refractivity contribution in [2.45, 2.75) is 13.0 Å². The Morgan fingerprint density at radius 2 is 1.61 bits per heavy atom. The zero-order valence-electron chi connectivity index (χ0n) is 16.8. The van der Waals surface area contributed by atoms with Gasteiger partial charge in [-0.15, -0.1) is 4.68 Å². The minimum Gasteiger partial charge on any atom is -0.571 e. The van der Waals surface area contributed by atoms with Gasteiger partial charge in [0.15, 0.2) is 5.52 Å². The fourth-order valence-electron chi connectivity index (χ4n) is 4.48. The molecule has 158 valence electrons. The molecule has 2 aliphatic carbocycles. The van der Waals surface area contributed by atoms with Gasteiger partial charge in [-0.2, -0.15) is 0 Å². The summed E-state index contributed by atoms with van der Waals surface area (Å²) in [5.74, 6) is 0. The van der Waals surface area contributed by atoms with Crippen LogP contribution < -0.4 is 31.8 Å². The number of hydrogen-bond donors (Lipinski definition) is 3. The monoisotopic (exact) mass is 419 g/mol. The molecule has 1 fully saturated rings. The van der Waals surface area contributed by atoms with Gasteiger partial charge in [0.05, 0.1) is 27.7 Å². The van der Waals surface area contributed by atoms with E-state index in [0.717, 1.165) is 32.7 Å². The molecule has 2 aromatic rings. The Balaban J connectivity index is 1.72. The molecular formula is C21H21N7O3. The first-order valence-corrected chi connectivity index (χ1v) is 10.2. The maximum absolute atomic E-state index is 13.4. The van der Waals surface area contributed by atoms with Crippen LogP contribution in [0, 0.1) is 26.5 Å². The average Bonchev–Trinajstić information content (AvgIpc) is 3.12. The number of hydrogen-bond acceptors (Lipinski definition) is 8. The molecule has 1 aliphatic heterocycles. The van der Waals surface area contributed by atoms with Crippen LogP contribution >= 0.6 is 0 Å². The van der Waals surface area contributed by atoms with Gasteiger partial charge in [-0.3, -0.25) is 20.4 Å². The summed E-state index contributed by atoms with van der Waals surface area (Å²) in [6.07, 6.45) is 0.620. The standard InChI is InChI=1S/C21H21N7O3/c22-16-12-4-1-2-5-13(12)17(23)15-14(16)20(29)18-19(21(15)30)27(28(31)25-18)9-3-8-26-10-6-24-7-11-26/h1-2,4-5,22-24H,3,6-11H2. The lowest BCUT2D eigenvalue weighted by atomic mass is 10.0. The molecule has 31 heavy (non-hydrogen) atoms. The van der Waals surface area contributed by atoms with E-state index >= 15 is 0 Å². The van der Waals surface area contributed by atoms with Gasteiger partial charge in [-0.25, -0.2) is 0 Å². The molecule has 1 saturated heterocycles. The summed E-state index contributed by atoms with van der Waals surface area (Å²) in [4.78, 5) is 29.1. The predicted octanol–water partition coefficient (Wildman–Crippen LogP) is -1.60. The summed E-state index contributed by atoms with van der Waals surface area (Å²) >= 11 is 0. The Morgan fingerprint density at radius 3 is 2.26 bits per heavy atom. The molecule has 1 aromatic carbocycles. The zero-order valence-corrected chi connectivity index (χ0v) is 16.8. The van der Waals surface area contributed by atoms with Crippen molar-refractivity contribution in [2.24, 2.45) is 0 Å². The fraction of sp³-hybridized carbons (Fsp3) is 0.333. The summed E-state index contributed by atoms with van der Waals surface area (Å²) in [5, 5.41) is 36.9. The van der Waals surface area contributed by atoms with E-state index in [9.17, 15) is 14.8 Å². The van der Waals surface area contributed by atoms with E-state index in [0.29, 0.717) is 17.2 Å². The van der Waals surface area contributed by atoms with Crippen molar-refractivity contribution in [2.75, 3.05) is 32.7 Å². The van der Waals surface area contributed by atoms with E-state index in [1.54, 1.807) is 24.3 Å². The van der Waals surface area contributed by atoms with Crippen LogP contribution in [-0.2, 0) is 6.54 Å². The smallest absolute Gasteiger partial charge is 0.223 e. The third kappa shape index (κ3) is 2.94. The Hall–Kier alpha value is -3.50. The van der Waals surface area contributed by atoms with Crippen molar-refractivity contribution in [1.82, 2.24) is 20.0 Å². The van der Waals surface area contributed by atoms with Crippen LogP contribution in [0.3, 0.4) is 0 Å². The Bertz CT molecular complexity index is 1600. The van der Waals surface area contributed by atoms with Crippen LogP contribution in [0.15, 0.2) is 33.9 Å². The summed E-state index contributed by atoms with van der Waals surface area (Å²) in [5.41, 5.74) is -1.58. The number of piperazine rings is 1. The van der Waals surface area contributed by atoms with Crippen LogP contribution in [0.25, 0.3) is 21.8 Å². The first kappa shape index (κ1) is 19.5. The number of fused-ring (bicyclic) bond motifs is 2. The second-order valence-corrected chi connectivity index (χ2v) is 7.82. The molecule has 10 heteroatoms. The highest BCUT2D eigenvalue weighted by Gasteiger charge is 2.24. The van der Waals surface area contributed by atoms with Crippen molar-refractivity contribution in [3.8, 4) is 0 Å². The molecule has 2 heterocycles. The summed E-state index contributed by atoms with van der Waals surface area (Å²) in [7, 11) is 0. The van der Waals surface area contributed by atoms with E-state index in [4.69, 9.17) is 10.8 Å². The maximum atomic E-state index is 13.4. The molecule has 0 radical (unpaired) electrons. The summed E-state index contributed by atoms with van der Waals surface area (Å²) < 4.78 is 1.18. The van der Waals surface area contributed by atoms with Gasteiger partial charge >= 0.3 is 0 Å². The lowest BCUT2D eigenvalue weighted by Gasteiger charge is -2.26. The van der Waals surface area contributed by atoms with Gasteiger partial charge in [0.1, 0.15) is 0 Å². The molecule has 0 saturated carbocycles. The number of aromatic nitrogens is 3. The quantitative estimate of drug-likeness (QED) is 0.269. The fourth-order valence-corrected chi connectivity index (χ4v) is 4.48. The molecule has 3 aliphatic rings. The summed E-state index contributed by atoms with van der Waals surface area (Å²) in [6.45, 7) is 4.68. The molecule has 0 bridgehead atoms. The Labute approximate surface area is 174 Å². The lowest BCUT2D eigenvalue weighted by Crippen LogP contribution is -2.45. The molecular weight excluding hydrogens is 398 g/mol. The number of benzene rings is 1. The van der Waals surface area contributed by atoms with Gasteiger partial charge < -0.3 is 15.4 Å². The van der Waals surface area contributed by atoms with Crippen molar-refractivity contribution in [3.63, 3.8) is 0 Å². The van der Waals surface area contributed by atoms with E-state index in [1.807, 2.05) is 0 Å². The molecule has 0 amide bonds. The molecule has 3 N–H and O–H groups in total. The van der Waals surface area contributed by atoms with Gasteiger partial charge in [-0.1, -0.05) is 24.3 Å². The number of aryl methyl sites for hydroxylation is 1. The maximum Gasteiger partial charge on any atom is 0.223 e. The van der Waals surface area contributed by atoms with Crippen molar-refractivity contribution >= 4 is 21.8 Å². The minimum absolute atomic E-state index is 0.0870. The second kappa shape index (κ2) is 7.33. The van der Waals surface area contributed by atoms with Gasteiger partial charge in [0.2, 0.25) is 16.4 Å². The molecule has 5 rings (SSSR count). The number of nitrogens with one attached hydrogen (secondary N) is 3. The van der Waals surface area contributed by atoms with Crippen LogP contribution in [0.1, 0.15) is 6.42 Å². The molecule has 1 aromatic heterocycles. The first-order valence-electron chi connectivity index (χ1n) is 10.2.